The van der Waals surface area contributed by atoms with E-state index in [0.717, 1.165) is 24.5 Å². The summed E-state index contributed by atoms with van der Waals surface area (Å²) < 4.78 is 0. The average Bonchev–Trinajstić information content (AvgIpc) is 2.68. The van der Waals surface area contributed by atoms with Crippen LogP contribution in [-0.4, -0.2) is 21.5 Å². The number of hydrogen-bond acceptors (Lipinski definition) is 5. The molecule has 0 spiro atoms. The molecule has 5 nitrogen and oxygen atoms in total. The quantitative estimate of drug-likeness (QED) is 0.322. The monoisotopic (exact) mass is 411 g/mol. The first-order chi connectivity index (χ1) is 14.5. The summed E-state index contributed by atoms with van der Waals surface area (Å²) >= 11 is 0. The van der Waals surface area contributed by atoms with Gasteiger partial charge in [-0.05, 0) is 45.2 Å². The van der Waals surface area contributed by atoms with Crippen LogP contribution in [-0.2, 0) is 0 Å². The van der Waals surface area contributed by atoms with Crippen molar-refractivity contribution >= 4 is 17.6 Å². The number of nitrogens with one attached hydrogen (secondary N) is 2. The van der Waals surface area contributed by atoms with E-state index in [1.165, 1.54) is 74.5 Å². The Hall–Kier alpha value is -2.17. The lowest BCUT2D eigenvalue weighted by atomic mass is 10.1. The van der Waals surface area contributed by atoms with Crippen molar-refractivity contribution in [3.63, 3.8) is 0 Å². The summed E-state index contributed by atoms with van der Waals surface area (Å²) in [5.41, 5.74) is 4.74. The topological polar surface area (TPSA) is 62.7 Å². The molecule has 0 aliphatic heterocycles. The SMILES string of the molecule is CCCCCCCCCCCCNc1nc(C)nc(Nc2c(C)cc(C)cc2C)n1. The van der Waals surface area contributed by atoms with E-state index in [9.17, 15) is 0 Å². The van der Waals surface area contributed by atoms with Crippen molar-refractivity contribution in [3.05, 3.63) is 34.6 Å². The van der Waals surface area contributed by atoms with Gasteiger partial charge in [-0.2, -0.15) is 15.0 Å². The maximum Gasteiger partial charge on any atom is 0.232 e. The van der Waals surface area contributed by atoms with Gasteiger partial charge in [-0.1, -0.05) is 82.4 Å². The van der Waals surface area contributed by atoms with Crippen molar-refractivity contribution in [2.75, 3.05) is 17.2 Å². The van der Waals surface area contributed by atoms with Gasteiger partial charge >= 0.3 is 0 Å². The van der Waals surface area contributed by atoms with Gasteiger partial charge in [0.1, 0.15) is 5.82 Å². The lowest BCUT2D eigenvalue weighted by Crippen LogP contribution is -2.10. The van der Waals surface area contributed by atoms with Gasteiger partial charge in [-0.15, -0.1) is 0 Å². The first kappa shape index (κ1) is 24.1. The highest BCUT2D eigenvalue weighted by Crippen LogP contribution is 2.24. The third-order valence-corrected chi connectivity index (χ3v) is 5.47. The number of hydrogen-bond donors (Lipinski definition) is 2. The number of rotatable bonds is 14. The number of aryl methyl sites for hydroxylation is 4. The van der Waals surface area contributed by atoms with Gasteiger partial charge < -0.3 is 10.6 Å². The second-order valence-electron chi connectivity index (χ2n) is 8.54. The van der Waals surface area contributed by atoms with E-state index in [0.29, 0.717) is 11.9 Å². The van der Waals surface area contributed by atoms with Crippen LogP contribution < -0.4 is 10.6 Å². The molecular formula is C25H41N5. The van der Waals surface area contributed by atoms with Crippen LogP contribution in [0, 0.1) is 27.7 Å². The molecule has 0 fully saturated rings. The maximum atomic E-state index is 4.57. The first-order valence-electron chi connectivity index (χ1n) is 11.8. The molecule has 166 valence electrons. The Morgan fingerprint density at radius 2 is 1.20 bits per heavy atom. The minimum atomic E-state index is 0.600. The number of nitrogens with zero attached hydrogens (tertiary/aromatic N) is 3. The fourth-order valence-electron chi connectivity index (χ4n) is 3.92. The molecule has 2 N–H and O–H groups in total. The van der Waals surface area contributed by atoms with Crippen LogP contribution >= 0.6 is 0 Å². The van der Waals surface area contributed by atoms with Gasteiger partial charge in [-0.25, -0.2) is 0 Å². The van der Waals surface area contributed by atoms with Crippen molar-refractivity contribution in [1.29, 1.82) is 0 Å². The fraction of sp³-hybridized carbons (Fsp3) is 0.640. The van der Waals surface area contributed by atoms with Crippen molar-refractivity contribution in [2.24, 2.45) is 0 Å². The number of benzene rings is 1. The Kier molecular flexibility index (Phi) is 10.6. The predicted octanol–water partition coefficient (Wildman–Crippen LogP) is 7.18. The van der Waals surface area contributed by atoms with E-state index < -0.39 is 0 Å². The van der Waals surface area contributed by atoms with Crippen LogP contribution in [0.15, 0.2) is 12.1 Å². The molecule has 0 saturated carbocycles. The number of aromatic nitrogens is 3. The van der Waals surface area contributed by atoms with Crippen LogP contribution in [0.4, 0.5) is 17.6 Å². The van der Waals surface area contributed by atoms with E-state index in [1.54, 1.807) is 0 Å². The van der Waals surface area contributed by atoms with Crippen molar-refractivity contribution < 1.29 is 0 Å². The van der Waals surface area contributed by atoms with E-state index in [2.05, 4.69) is 65.4 Å². The maximum absolute atomic E-state index is 4.57. The van der Waals surface area contributed by atoms with Crippen molar-refractivity contribution in [3.8, 4) is 0 Å². The molecule has 0 unspecified atom stereocenters. The summed E-state index contributed by atoms with van der Waals surface area (Å²) in [5.74, 6) is 1.98. The van der Waals surface area contributed by atoms with Gasteiger partial charge in [0.15, 0.2) is 0 Å². The lowest BCUT2D eigenvalue weighted by Gasteiger charge is -2.14. The Morgan fingerprint density at radius 3 is 1.80 bits per heavy atom. The van der Waals surface area contributed by atoms with Crippen LogP contribution in [0.5, 0.6) is 0 Å². The number of unbranched alkanes of at least 4 members (excludes halogenated alkanes) is 9. The fourth-order valence-corrected chi connectivity index (χ4v) is 3.92. The molecular weight excluding hydrogens is 370 g/mol. The van der Waals surface area contributed by atoms with Crippen LogP contribution in [0.1, 0.15) is 93.6 Å². The highest BCUT2D eigenvalue weighted by molar-refractivity contribution is 5.64. The molecule has 0 bridgehead atoms. The third kappa shape index (κ3) is 8.68. The summed E-state index contributed by atoms with van der Waals surface area (Å²) in [4.78, 5) is 13.5. The van der Waals surface area contributed by atoms with Gasteiger partial charge in [0, 0.05) is 12.2 Å². The normalized spacial score (nSPS) is 11.0. The zero-order chi connectivity index (χ0) is 21.8. The smallest absolute Gasteiger partial charge is 0.232 e. The summed E-state index contributed by atoms with van der Waals surface area (Å²) in [7, 11) is 0. The Labute approximate surface area is 183 Å². The van der Waals surface area contributed by atoms with Gasteiger partial charge in [0.05, 0.1) is 0 Å². The molecule has 1 aromatic heterocycles. The lowest BCUT2D eigenvalue weighted by molar-refractivity contribution is 0.559. The highest BCUT2D eigenvalue weighted by atomic mass is 15.2. The minimum absolute atomic E-state index is 0.600. The van der Waals surface area contributed by atoms with Gasteiger partial charge in [0.2, 0.25) is 11.9 Å². The van der Waals surface area contributed by atoms with Crippen molar-refractivity contribution in [1.82, 2.24) is 15.0 Å². The van der Waals surface area contributed by atoms with Gasteiger partial charge in [-0.3, -0.25) is 0 Å². The highest BCUT2D eigenvalue weighted by Gasteiger charge is 2.08. The molecule has 0 aliphatic carbocycles. The summed E-state index contributed by atoms with van der Waals surface area (Å²) in [6, 6.07) is 4.35. The first-order valence-corrected chi connectivity index (χ1v) is 11.8. The van der Waals surface area contributed by atoms with E-state index in [-0.39, 0.29) is 0 Å². The van der Waals surface area contributed by atoms with Crippen LogP contribution in [0.2, 0.25) is 0 Å². The summed E-state index contributed by atoms with van der Waals surface area (Å²) in [5, 5.41) is 6.76. The summed E-state index contributed by atoms with van der Waals surface area (Å²) in [6.45, 7) is 11.4. The minimum Gasteiger partial charge on any atom is -0.354 e. The van der Waals surface area contributed by atoms with Crippen LogP contribution in [0.25, 0.3) is 0 Å². The standard InChI is InChI=1S/C25H41N5/c1-6-7-8-9-10-11-12-13-14-15-16-26-24-27-22(5)28-25(30-24)29-23-20(3)17-19(2)18-21(23)4/h17-18H,6-16H2,1-5H3,(H2,26,27,28,29,30). The van der Waals surface area contributed by atoms with E-state index >= 15 is 0 Å². The molecule has 5 heteroatoms. The second-order valence-corrected chi connectivity index (χ2v) is 8.54. The molecule has 0 amide bonds. The largest absolute Gasteiger partial charge is 0.354 e. The molecule has 0 radical (unpaired) electrons. The Balaban J connectivity index is 1.73. The second kappa shape index (κ2) is 13.2. The van der Waals surface area contributed by atoms with Gasteiger partial charge in [0.25, 0.3) is 0 Å². The van der Waals surface area contributed by atoms with Crippen LogP contribution in [0.3, 0.4) is 0 Å². The average molecular weight is 412 g/mol. The molecule has 1 aromatic carbocycles. The predicted molar refractivity (Wildman–Crippen MR) is 129 cm³/mol. The third-order valence-electron chi connectivity index (χ3n) is 5.47. The molecule has 0 aliphatic rings. The van der Waals surface area contributed by atoms with Crippen molar-refractivity contribution in [2.45, 2.75) is 98.8 Å². The number of anilines is 3. The Bertz CT molecular complexity index is 749. The zero-order valence-corrected chi connectivity index (χ0v) is 19.8. The molecule has 0 saturated heterocycles. The molecule has 0 atom stereocenters. The molecule has 1 heterocycles. The molecule has 30 heavy (non-hydrogen) atoms. The molecule has 2 aromatic rings. The molecule has 2 rings (SSSR count). The van der Waals surface area contributed by atoms with E-state index in [1.807, 2.05) is 6.92 Å². The van der Waals surface area contributed by atoms with E-state index in [4.69, 9.17) is 0 Å². The summed E-state index contributed by atoms with van der Waals surface area (Å²) in [6.07, 6.45) is 13.4. The Morgan fingerprint density at radius 1 is 0.667 bits per heavy atom. The zero-order valence-electron chi connectivity index (χ0n) is 19.8.